The highest BCUT2D eigenvalue weighted by Crippen LogP contribution is 2.40. The van der Waals surface area contributed by atoms with E-state index in [1.54, 1.807) is 18.2 Å². The summed E-state index contributed by atoms with van der Waals surface area (Å²) in [5.74, 6) is 0.651. The first-order valence-corrected chi connectivity index (χ1v) is 6.06. The summed E-state index contributed by atoms with van der Waals surface area (Å²) in [6.07, 6.45) is 2.42. The summed E-state index contributed by atoms with van der Waals surface area (Å²) >= 11 is 5.90. The largest absolute Gasteiger partial charge is 0.366 e. The van der Waals surface area contributed by atoms with Crippen molar-refractivity contribution in [2.45, 2.75) is 25.8 Å². The molecule has 1 fully saturated rings. The second-order valence-corrected chi connectivity index (χ2v) is 4.96. The molecule has 0 aromatic heterocycles. The Bertz CT molecular complexity index is 446. The van der Waals surface area contributed by atoms with Gasteiger partial charge in [-0.25, -0.2) is 0 Å². The fourth-order valence-electron chi connectivity index (χ4n) is 2.08. The third-order valence-corrected chi connectivity index (χ3v) is 3.75. The normalized spacial score (nSPS) is 16.6. The van der Waals surface area contributed by atoms with E-state index in [-0.39, 0.29) is 10.7 Å². The molecule has 4 nitrogen and oxygen atoms in total. The summed E-state index contributed by atoms with van der Waals surface area (Å²) in [6, 6.07) is 5.37. The SMILES string of the molecule is CC(C1CC1)N(C)c1cccc(Cl)c1[N+](=O)[O-]. The standard InChI is InChI=1S/C12H15ClN2O2/c1-8(9-6-7-9)14(2)11-5-3-4-10(13)12(11)15(16)17/h3-5,8-9H,6-7H2,1-2H3. The van der Waals surface area contributed by atoms with Crippen molar-refractivity contribution >= 4 is 23.0 Å². The fraction of sp³-hybridized carbons (Fsp3) is 0.500. The molecule has 0 saturated heterocycles. The van der Waals surface area contributed by atoms with Gasteiger partial charge in [0.05, 0.1) is 4.92 Å². The Kier molecular flexibility index (Phi) is 3.24. The molecule has 0 N–H and O–H groups in total. The van der Waals surface area contributed by atoms with Crippen molar-refractivity contribution in [3.05, 3.63) is 33.3 Å². The summed E-state index contributed by atoms with van der Waals surface area (Å²) in [6.45, 7) is 2.10. The van der Waals surface area contributed by atoms with Gasteiger partial charge in [0.1, 0.15) is 10.7 Å². The van der Waals surface area contributed by atoms with Gasteiger partial charge in [0.15, 0.2) is 0 Å². The van der Waals surface area contributed by atoms with Gasteiger partial charge in [-0.3, -0.25) is 10.1 Å². The molecule has 5 heteroatoms. The minimum Gasteiger partial charge on any atom is -0.366 e. The van der Waals surface area contributed by atoms with Gasteiger partial charge in [-0.2, -0.15) is 0 Å². The first kappa shape index (κ1) is 12.2. The van der Waals surface area contributed by atoms with Crippen LogP contribution in [0.4, 0.5) is 11.4 Å². The van der Waals surface area contributed by atoms with E-state index in [2.05, 4.69) is 6.92 Å². The van der Waals surface area contributed by atoms with Crippen molar-refractivity contribution in [3.8, 4) is 0 Å². The van der Waals surface area contributed by atoms with Crippen molar-refractivity contribution in [3.63, 3.8) is 0 Å². The Morgan fingerprint density at radius 2 is 2.18 bits per heavy atom. The van der Waals surface area contributed by atoms with Crippen LogP contribution >= 0.6 is 11.6 Å². The van der Waals surface area contributed by atoms with Crippen LogP contribution < -0.4 is 4.90 Å². The predicted octanol–water partition coefficient (Wildman–Crippen LogP) is 3.48. The average molecular weight is 255 g/mol. The molecule has 1 aliphatic rings. The van der Waals surface area contributed by atoms with Gasteiger partial charge in [0.2, 0.25) is 0 Å². The molecular weight excluding hydrogens is 240 g/mol. The lowest BCUT2D eigenvalue weighted by Crippen LogP contribution is -2.31. The van der Waals surface area contributed by atoms with Crippen molar-refractivity contribution in [1.82, 2.24) is 0 Å². The number of nitro benzene ring substituents is 1. The summed E-state index contributed by atoms with van der Waals surface area (Å²) in [5, 5.41) is 11.2. The van der Waals surface area contributed by atoms with Gasteiger partial charge in [-0.15, -0.1) is 0 Å². The molecule has 1 saturated carbocycles. The van der Waals surface area contributed by atoms with E-state index < -0.39 is 4.92 Å². The quantitative estimate of drug-likeness (QED) is 0.610. The van der Waals surface area contributed by atoms with Crippen molar-refractivity contribution in [2.75, 3.05) is 11.9 Å². The minimum atomic E-state index is -0.409. The Morgan fingerprint density at radius 1 is 1.53 bits per heavy atom. The molecule has 17 heavy (non-hydrogen) atoms. The zero-order valence-corrected chi connectivity index (χ0v) is 10.6. The summed E-state index contributed by atoms with van der Waals surface area (Å²) in [4.78, 5) is 12.6. The lowest BCUT2D eigenvalue weighted by molar-refractivity contribution is -0.384. The zero-order valence-electron chi connectivity index (χ0n) is 9.89. The third kappa shape index (κ3) is 2.36. The number of nitro groups is 1. The monoisotopic (exact) mass is 254 g/mol. The number of hydrogen-bond donors (Lipinski definition) is 0. The lowest BCUT2D eigenvalue weighted by Gasteiger charge is -2.26. The van der Waals surface area contributed by atoms with E-state index >= 15 is 0 Å². The smallest absolute Gasteiger partial charge is 0.310 e. The Labute approximate surface area is 105 Å². The number of hydrogen-bond acceptors (Lipinski definition) is 3. The summed E-state index contributed by atoms with van der Waals surface area (Å²) < 4.78 is 0. The van der Waals surface area contributed by atoms with Gasteiger partial charge in [-0.1, -0.05) is 17.7 Å². The van der Waals surface area contributed by atoms with Crippen LogP contribution in [0, 0.1) is 16.0 Å². The van der Waals surface area contributed by atoms with Gasteiger partial charge in [0.25, 0.3) is 0 Å². The van der Waals surface area contributed by atoms with Crippen LogP contribution in [-0.2, 0) is 0 Å². The van der Waals surface area contributed by atoms with Gasteiger partial charge in [0, 0.05) is 13.1 Å². The molecular formula is C12H15ClN2O2. The molecule has 0 aliphatic heterocycles. The molecule has 0 bridgehead atoms. The highest BCUT2D eigenvalue weighted by molar-refractivity contribution is 6.33. The van der Waals surface area contributed by atoms with Crippen molar-refractivity contribution in [1.29, 1.82) is 0 Å². The fourth-order valence-corrected chi connectivity index (χ4v) is 2.32. The average Bonchev–Trinajstić information content (AvgIpc) is 3.10. The maximum Gasteiger partial charge on any atom is 0.310 e. The molecule has 1 aromatic carbocycles. The maximum atomic E-state index is 11.0. The molecule has 1 aliphatic carbocycles. The maximum absolute atomic E-state index is 11.0. The highest BCUT2D eigenvalue weighted by atomic mass is 35.5. The molecule has 1 unspecified atom stereocenters. The Hall–Kier alpha value is -1.29. The number of rotatable bonds is 4. The van der Waals surface area contributed by atoms with Crippen LogP contribution in [0.5, 0.6) is 0 Å². The second kappa shape index (κ2) is 4.53. The first-order valence-electron chi connectivity index (χ1n) is 5.68. The van der Waals surface area contributed by atoms with Crippen LogP contribution in [0.1, 0.15) is 19.8 Å². The topological polar surface area (TPSA) is 46.4 Å². The number of para-hydroxylation sites is 1. The zero-order chi connectivity index (χ0) is 12.6. The van der Waals surface area contributed by atoms with Gasteiger partial charge in [-0.05, 0) is 37.8 Å². The number of anilines is 1. The number of benzene rings is 1. The molecule has 0 spiro atoms. The van der Waals surface area contributed by atoms with E-state index in [0.29, 0.717) is 17.6 Å². The van der Waals surface area contributed by atoms with Crippen LogP contribution in [0.15, 0.2) is 18.2 Å². The van der Waals surface area contributed by atoms with E-state index in [1.807, 2.05) is 11.9 Å². The molecule has 0 radical (unpaired) electrons. The molecule has 1 atom stereocenters. The van der Waals surface area contributed by atoms with E-state index in [1.165, 1.54) is 12.8 Å². The Balaban J connectivity index is 2.36. The van der Waals surface area contributed by atoms with Crippen molar-refractivity contribution in [2.24, 2.45) is 5.92 Å². The van der Waals surface area contributed by atoms with E-state index in [9.17, 15) is 10.1 Å². The molecule has 2 rings (SSSR count). The number of nitrogens with zero attached hydrogens (tertiary/aromatic N) is 2. The molecule has 0 amide bonds. The van der Waals surface area contributed by atoms with Crippen LogP contribution in [0.25, 0.3) is 0 Å². The highest BCUT2D eigenvalue weighted by Gasteiger charge is 2.33. The Morgan fingerprint density at radius 3 is 2.71 bits per heavy atom. The third-order valence-electron chi connectivity index (χ3n) is 3.44. The van der Waals surface area contributed by atoms with Crippen molar-refractivity contribution < 1.29 is 4.92 Å². The van der Waals surface area contributed by atoms with Crippen LogP contribution in [0.3, 0.4) is 0 Å². The summed E-state index contributed by atoms with van der Waals surface area (Å²) in [5.41, 5.74) is 0.603. The van der Waals surface area contributed by atoms with E-state index in [4.69, 9.17) is 11.6 Å². The van der Waals surface area contributed by atoms with Gasteiger partial charge >= 0.3 is 5.69 Å². The first-order chi connectivity index (χ1) is 8.02. The van der Waals surface area contributed by atoms with Crippen LogP contribution in [-0.4, -0.2) is 18.0 Å². The second-order valence-electron chi connectivity index (χ2n) is 4.55. The molecule has 1 aromatic rings. The van der Waals surface area contributed by atoms with E-state index in [0.717, 1.165) is 0 Å². The van der Waals surface area contributed by atoms with Gasteiger partial charge < -0.3 is 4.90 Å². The predicted molar refractivity (Wildman–Crippen MR) is 68.7 cm³/mol. The van der Waals surface area contributed by atoms with Crippen LogP contribution in [0.2, 0.25) is 5.02 Å². The molecule has 0 heterocycles. The minimum absolute atomic E-state index is 0.00386. The molecule has 92 valence electrons. The lowest BCUT2D eigenvalue weighted by atomic mass is 10.1. The number of halogens is 1. The summed E-state index contributed by atoms with van der Waals surface area (Å²) in [7, 11) is 1.89.